The number of aryl methyl sites for hydroxylation is 1. The lowest BCUT2D eigenvalue weighted by Gasteiger charge is -2.33. The Hall–Kier alpha value is -2.18. The number of hydrogen-bond donors (Lipinski definition) is 1. The molecule has 0 radical (unpaired) electrons. The molecular weight excluding hydrogens is 381 g/mol. The summed E-state index contributed by atoms with van der Waals surface area (Å²) < 4.78 is 19.9. The van der Waals surface area contributed by atoms with Gasteiger partial charge in [0.2, 0.25) is 0 Å². The molecule has 6 heteroatoms. The average Bonchev–Trinajstić information content (AvgIpc) is 3.40. The van der Waals surface area contributed by atoms with Crippen LogP contribution in [0.4, 0.5) is 4.39 Å². The molecule has 2 aromatic rings. The first-order valence-corrected chi connectivity index (χ1v) is 11.2. The first-order chi connectivity index (χ1) is 14.6. The molecule has 0 aliphatic carbocycles. The first kappa shape index (κ1) is 21.1. The maximum Gasteiger partial charge on any atom is 0.287 e. The van der Waals surface area contributed by atoms with Gasteiger partial charge in [-0.25, -0.2) is 4.39 Å². The van der Waals surface area contributed by atoms with Gasteiger partial charge in [-0.05, 0) is 57.5 Å². The predicted octanol–water partition coefficient (Wildman–Crippen LogP) is 3.97. The Morgan fingerprint density at radius 3 is 2.60 bits per heavy atom. The molecule has 0 spiro atoms. The van der Waals surface area contributed by atoms with Crippen LogP contribution >= 0.6 is 0 Å². The molecule has 0 saturated carbocycles. The van der Waals surface area contributed by atoms with Crippen LogP contribution in [0.15, 0.2) is 34.7 Å². The van der Waals surface area contributed by atoms with Gasteiger partial charge in [-0.15, -0.1) is 0 Å². The standard InChI is InChI=1S/C24H32FN3O2/c1-2-22-19(16-27-11-5-6-12-27)14-23(30-22)24(29)26-20-9-7-13-28(17-20)15-18-8-3-4-10-21(18)25/h3-4,8,10,14,20H,2,5-7,9,11-13,15-17H2,1H3,(H,26,29). The van der Waals surface area contributed by atoms with Crippen molar-refractivity contribution in [2.24, 2.45) is 0 Å². The van der Waals surface area contributed by atoms with Gasteiger partial charge in [-0.2, -0.15) is 0 Å². The summed E-state index contributed by atoms with van der Waals surface area (Å²) in [6.45, 7) is 7.38. The Kier molecular flexibility index (Phi) is 6.85. The van der Waals surface area contributed by atoms with E-state index >= 15 is 0 Å². The molecular formula is C24H32FN3O2. The summed E-state index contributed by atoms with van der Waals surface area (Å²) in [6.07, 6.45) is 5.20. The maximum atomic E-state index is 14.0. The van der Waals surface area contributed by atoms with Crippen LogP contribution in [0.2, 0.25) is 0 Å². The van der Waals surface area contributed by atoms with Crippen molar-refractivity contribution in [2.75, 3.05) is 26.2 Å². The molecule has 2 fully saturated rings. The molecule has 0 bridgehead atoms. The lowest BCUT2D eigenvalue weighted by molar-refractivity contribution is 0.0870. The van der Waals surface area contributed by atoms with Crippen molar-refractivity contribution >= 4 is 5.91 Å². The number of piperidine rings is 1. The first-order valence-electron chi connectivity index (χ1n) is 11.2. The van der Waals surface area contributed by atoms with Crippen LogP contribution in [0, 0.1) is 5.82 Å². The van der Waals surface area contributed by atoms with E-state index in [-0.39, 0.29) is 17.8 Å². The molecule has 162 valence electrons. The molecule has 1 aromatic carbocycles. The van der Waals surface area contributed by atoms with Crippen LogP contribution in [-0.4, -0.2) is 47.9 Å². The minimum absolute atomic E-state index is 0.0511. The Bertz CT molecular complexity index is 860. The molecule has 1 atom stereocenters. The number of amides is 1. The lowest BCUT2D eigenvalue weighted by atomic mass is 10.0. The van der Waals surface area contributed by atoms with Crippen LogP contribution < -0.4 is 5.32 Å². The maximum absolute atomic E-state index is 14.0. The van der Waals surface area contributed by atoms with Crippen molar-refractivity contribution in [2.45, 2.75) is 58.2 Å². The number of carbonyl (C=O) groups is 1. The second-order valence-electron chi connectivity index (χ2n) is 8.54. The Labute approximate surface area is 178 Å². The van der Waals surface area contributed by atoms with Gasteiger partial charge in [0.15, 0.2) is 5.76 Å². The SMILES string of the molecule is CCc1oc(C(=O)NC2CCCN(Cc3ccccc3F)C2)cc1CN1CCCC1. The lowest BCUT2D eigenvalue weighted by Crippen LogP contribution is -2.47. The molecule has 1 aromatic heterocycles. The van der Waals surface area contributed by atoms with E-state index in [0.29, 0.717) is 17.9 Å². The van der Waals surface area contributed by atoms with Crippen molar-refractivity contribution in [3.63, 3.8) is 0 Å². The van der Waals surface area contributed by atoms with Crippen molar-refractivity contribution in [3.8, 4) is 0 Å². The summed E-state index contributed by atoms with van der Waals surface area (Å²) in [5.41, 5.74) is 1.84. The Morgan fingerprint density at radius 1 is 1.10 bits per heavy atom. The topological polar surface area (TPSA) is 48.7 Å². The quantitative estimate of drug-likeness (QED) is 0.746. The van der Waals surface area contributed by atoms with Crippen LogP contribution in [0.25, 0.3) is 0 Å². The van der Waals surface area contributed by atoms with E-state index in [1.54, 1.807) is 6.07 Å². The molecule has 1 unspecified atom stereocenters. The third kappa shape index (κ3) is 5.10. The zero-order chi connectivity index (χ0) is 20.9. The number of halogens is 1. The molecule has 4 rings (SSSR count). The fourth-order valence-corrected chi connectivity index (χ4v) is 4.63. The summed E-state index contributed by atoms with van der Waals surface area (Å²) in [5.74, 6) is 1.01. The molecule has 3 heterocycles. The van der Waals surface area contributed by atoms with Gasteiger partial charge in [0.25, 0.3) is 5.91 Å². The highest BCUT2D eigenvalue weighted by atomic mass is 19.1. The molecule has 30 heavy (non-hydrogen) atoms. The number of nitrogens with one attached hydrogen (secondary N) is 1. The number of carbonyl (C=O) groups excluding carboxylic acids is 1. The minimum atomic E-state index is -0.170. The van der Waals surface area contributed by atoms with Gasteiger partial charge in [0.05, 0.1) is 0 Å². The fraction of sp³-hybridized carbons (Fsp3) is 0.542. The van der Waals surface area contributed by atoms with Gasteiger partial charge in [-0.1, -0.05) is 25.1 Å². The van der Waals surface area contributed by atoms with E-state index in [4.69, 9.17) is 4.42 Å². The highest BCUT2D eigenvalue weighted by Crippen LogP contribution is 2.22. The van der Waals surface area contributed by atoms with E-state index in [0.717, 1.165) is 63.3 Å². The van der Waals surface area contributed by atoms with E-state index in [2.05, 4.69) is 22.0 Å². The summed E-state index contributed by atoms with van der Waals surface area (Å²) in [4.78, 5) is 17.5. The summed E-state index contributed by atoms with van der Waals surface area (Å²) in [5, 5.41) is 3.14. The second-order valence-corrected chi connectivity index (χ2v) is 8.54. The molecule has 5 nitrogen and oxygen atoms in total. The number of hydrogen-bond acceptors (Lipinski definition) is 4. The molecule has 1 N–H and O–H groups in total. The van der Waals surface area contributed by atoms with Gasteiger partial charge < -0.3 is 9.73 Å². The Balaban J connectivity index is 1.36. The third-order valence-corrected chi connectivity index (χ3v) is 6.23. The van der Waals surface area contributed by atoms with Crippen molar-refractivity contribution in [3.05, 3.63) is 58.8 Å². The smallest absolute Gasteiger partial charge is 0.287 e. The summed E-state index contributed by atoms with van der Waals surface area (Å²) in [6, 6.07) is 8.88. The molecule has 2 aliphatic heterocycles. The van der Waals surface area contributed by atoms with Crippen molar-refractivity contribution in [1.29, 1.82) is 0 Å². The average molecular weight is 414 g/mol. The van der Waals surface area contributed by atoms with E-state index in [9.17, 15) is 9.18 Å². The van der Waals surface area contributed by atoms with Gasteiger partial charge in [-0.3, -0.25) is 14.6 Å². The monoisotopic (exact) mass is 413 g/mol. The van der Waals surface area contributed by atoms with Gasteiger partial charge >= 0.3 is 0 Å². The van der Waals surface area contributed by atoms with Gasteiger partial charge in [0, 0.05) is 43.2 Å². The molecule has 1 amide bonds. The second kappa shape index (κ2) is 9.75. The minimum Gasteiger partial charge on any atom is -0.456 e. The van der Waals surface area contributed by atoms with Crippen LogP contribution in [0.1, 0.15) is 60.0 Å². The van der Waals surface area contributed by atoms with Crippen LogP contribution in [-0.2, 0) is 19.5 Å². The fourth-order valence-electron chi connectivity index (χ4n) is 4.63. The highest BCUT2D eigenvalue weighted by molar-refractivity contribution is 5.92. The summed E-state index contributed by atoms with van der Waals surface area (Å²) >= 11 is 0. The zero-order valence-electron chi connectivity index (χ0n) is 17.8. The normalized spacial score (nSPS) is 20.5. The highest BCUT2D eigenvalue weighted by Gasteiger charge is 2.25. The number of benzene rings is 1. The van der Waals surface area contributed by atoms with E-state index in [1.807, 2.05) is 18.2 Å². The number of furan rings is 1. The third-order valence-electron chi connectivity index (χ3n) is 6.23. The largest absolute Gasteiger partial charge is 0.456 e. The van der Waals surface area contributed by atoms with Crippen LogP contribution in [0.5, 0.6) is 0 Å². The number of rotatable bonds is 7. The van der Waals surface area contributed by atoms with Crippen molar-refractivity contribution < 1.29 is 13.6 Å². The predicted molar refractivity (Wildman–Crippen MR) is 115 cm³/mol. The Morgan fingerprint density at radius 2 is 1.83 bits per heavy atom. The van der Waals surface area contributed by atoms with E-state index < -0.39 is 0 Å². The van der Waals surface area contributed by atoms with Crippen LogP contribution in [0.3, 0.4) is 0 Å². The summed E-state index contributed by atoms with van der Waals surface area (Å²) in [7, 11) is 0. The van der Waals surface area contributed by atoms with Crippen molar-refractivity contribution in [1.82, 2.24) is 15.1 Å². The zero-order valence-corrected chi connectivity index (χ0v) is 17.8. The molecule has 2 saturated heterocycles. The number of likely N-dealkylation sites (tertiary alicyclic amines) is 2. The molecule has 2 aliphatic rings. The van der Waals surface area contributed by atoms with E-state index in [1.165, 1.54) is 18.9 Å². The number of nitrogens with zero attached hydrogens (tertiary/aromatic N) is 2. The van der Waals surface area contributed by atoms with Gasteiger partial charge in [0.1, 0.15) is 11.6 Å².